The van der Waals surface area contributed by atoms with Crippen molar-refractivity contribution in [3.05, 3.63) is 11.6 Å². The molecule has 1 amide bonds. The molecule has 5 rings (SSSR count). The van der Waals surface area contributed by atoms with Gasteiger partial charge in [-0.1, -0.05) is 66.5 Å². The SMILES string of the molecule is CCCCNC(=O)COC(=O)[C@]12CC[C@@H](C)[C@H](C)C1C1=CCC3[C@@]4(C)C[C@@H](O)[C@H](O)[C@H](C)C4CC[C@@]3(C)[C@]1(C)CC2. The molecular weight excluding hydrogens is 514 g/mol. The fraction of sp³-hybridized carbons (Fsp3) is 0.886. The van der Waals surface area contributed by atoms with Crippen LogP contribution < -0.4 is 5.32 Å². The van der Waals surface area contributed by atoms with E-state index in [1.807, 2.05) is 0 Å². The lowest BCUT2D eigenvalue weighted by atomic mass is 9.34. The van der Waals surface area contributed by atoms with Gasteiger partial charge in [-0.25, -0.2) is 0 Å². The quantitative estimate of drug-likeness (QED) is 0.205. The molecule has 0 aromatic carbocycles. The number of hydrogen-bond acceptors (Lipinski definition) is 5. The lowest BCUT2D eigenvalue weighted by Crippen LogP contribution is -2.65. The maximum atomic E-state index is 14.0. The lowest BCUT2D eigenvalue weighted by molar-refractivity contribution is -0.209. The second-order valence-corrected chi connectivity index (χ2v) is 15.8. The number of esters is 1. The van der Waals surface area contributed by atoms with E-state index in [0.717, 1.165) is 57.8 Å². The van der Waals surface area contributed by atoms with Crippen LogP contribution in [0, 0.1) is 57.2 Å². The third-order valence-corrected chi connectivity index (χ3v) is 14.1. The molecule has 0 bridgehead atoms. The number of amides is 1. The van der Waals surface area contributed by atoms with Crippen LogP contribution in [0.2, 0.25) is 0 Å². The molecule has 5 aliphatic rings. The molecule has 0 saturated heterocycles. The van der Waals surface area contributed by atoms with Crippen molar-refractivity contribution in [1.29, 1.82) is 0 Å². The van der Waals surface area contributed by atoms with Crippen molar-refractivity contribution < 1.29 is 24.5 Å². The van der Waals surface area contributed by atoms with Crippen molar-refractivity contribution in [3.8, 4) is 0 Å². The minimum absolute atomic E-state index is 0.0276. The lowest BCUT2D eigenvalue weighted by Gasteiger charge is -2.70. The summed E-state index contributed by atoms with van der Waals surface area (Å²) in [5.74, 6) is 1.57. The van der Waals surface area contributed by atoms with E-state index in [1.165, 1.54) is 5.57 Å². The van der Waals surface area contributed by atoms with Crippen LogP contribution >= 0.6 is 0 Å². The normalized spacial score (nSPS) is 49.0. The summed E-state index contributed by atoms with van der Waals surface area (Å²) in [6, 6.07) is 0. The van der Waals surface area contributed by atoms with Crippen molar-refractivity contribution in [1.82, 2.24) is 5.32 Å². The fourth-order valence-corrected chi connectivity index (χ4v) is 11.3. The van der Waals surface area contributed by atoms with E-state index in [4.69, 9.17) is 4.74 Å². The molecule has 3 unspecified atom stereocenters. The standard InChI is InChI=1S/C35H57NO5/c1-8-9-18-36-28(38)20-41-31(40)35-15-12-21(2)22(3)29(35)25-10-11-27-32(5)19-26(37)30(39)23(4)24(32)13-14-34(27,7)33(25,6)16-17-35/h10,21-24,26-27,29-30,37,39H,8-9,11-20H2,1-7H3,(H,36,38)/t21-,22+,23-,24?,26-,27?,29?,30-,32+,33-,34-,35+/m1/s1. The van der Waals surface area contributed by atoms with Crippen LogP contribution in [0.15, 0.2) is 11.6 Å². The number of unbranched alkanes of at least 4 members (excludes halogenated alkanes) is 1. The molecule has 12 atom stereocenters. The highest BCUT2D eigenvalue weighted by molar-refractivity contribution is 5.83. The Morgan fingerprint density at radius 2 is 1.76 bits per heavy atom. The minimum Gasteiger partial charge on any atom is -0.455 e. The molecular formula is C35H57NO5. The predicted molar refractivity (Wildman–Crippen MR) is 161 cm³/mol. The highest BCUT2D eigenvalue weighted by Crippen LogP contribution is 2.75. The first-order chi connectivity index (χ1) is 19.3. The number of rotatable bonds is 6. The monoisotopic (exact) mass is 571 g/mol. The first-order valence-corrected chi connectivity index (χ1v) is 16.8. The molecule has 3 N–H and O–H groups in total. The Hall–Kier alpha value is -1.40. The maximum Gasteiger partial charge on any atom is 0.313 e. The van der Waals surface area contributed by atoms with E-state index in [1.54, 1.807) is 0 Å². The Morgan fingerprint density at radius 1 is 1.02 bits per heavy atom. The average molecular weight is 572 g/mol. The summed E-state index contributed by atoms with van der Waals surface area (Å²) in [4.78, 5) is 26.5. The maximum absolute atomic E-state index is 14.0. The van der Waals surface area contributed by atoms with Gasteiger partial charge in [-0.05, 0) is 110 Å². The number of ether oxygens (including phenoxy) is 1. The van der Waals surface area contributed by atoms with Gasteiger partial charge in [0.1, 0.15) is 0 Å². The summed E-state index contributed by atoms with van der Waals surface area (Å²) < 4.78 is 5.85. The van der Waals surface area contributed by atoms with Gasteiger partial charge in [0.05, 0.1) is 17.6 Å². The van der Waals surface area contributed by atoms with Crippen LogP contribution in [0.1, 0.15) is 113 Å². The molecule has 0 heterocycles. The Bertz CT molecular complexity index is 1060. The molecule has 4 fully saturated rings. The summed E-state index contributed by atoms with van der Waals surface area (Å²) in [7, 11) is 0. The number of carbonyl (C=O) groups excluding carboxylic acids is 2. The average Bonchev–Trinajstić information content (AvgIpc) is 2.93. The molecule has 41 heavy (non-hydrogen) atoms. The summed E-state index contributed by atoms with van der Waals surface area (Å²) in [6.45, 7) is 16.7. The number of carbonyl (C=O) groups is 2. The molecule has 0 aliphatic heterocycles. The first-order valence-electron chi connectivity index (χ1n) is 16.8. The number of nitrogens with one attached hydrogen (secondary N) is 1. The summed E-state index contributed by atoms with van der Waals surface area (Å²) in [6.07, 6.45) is 10.6. The number of aliphatic hydroxyl groups is 2. The van der Waals surface area contributed by atoms with E-state index in [0.29, 0.717) is 36.6 Å². The number of aliphatic hydroxyl groups excluding tert-OH is 2. The predicted octanol–water partition coefficient (Wildman–Crippen LogP) is 6.05. The fourth-order valence-electron chi connectivity index (χ4n) is 11.3. The van der Waals surface area contributed by atoms with E-state index < -0.39 is 17.6 Å². The second-order valence-electron chi connectivity index (χ2n) is 15.8. The molecule has 0 spiro atoms. The van der Waals surface area contributed by atoms with Crippen molar-refractivity contribution in [2.24, 2.45) is 57.2 Å². The summed E-state index contributed by atoms with van der Waals surface area (Å²) in [5, 5.41) is 24.6. The van der Waals surface area contributed by atoms with Gasteiger partial charge >= 0.3 is 5.97 Å². The zero-order chi connectivity index (χ0) is 30.0. The van der Waals surface area contributed by atoms with Crippen LogP contribution in [0.3, 0.4) is 0 Å². The van der Waals surface area contributed by atoms with Gasteiger partial charge in [0.2, 0.25) is 0 Å². The van der Waals surface area contributed by atoms with Gasteiger partial charge in [-0.15, -0.1) is 0 Å². The molecule has 6 nitrogen and oxygen atoms in total. The number of fused-ring (bicyclic) bond motifs is 7. The molecule has 232 valence electrons. The topological polar surface area (TPSA) is 95.9 Å². The number of hydrogen-bond donors (Lipinski definition) is 3. The zero-order valence-electron chi connectivity index (χ0n) is 26.8. The molecule has 6 heteroatoms. The van der Waals surface area contributed by atoms with E-state index in [2.05, 4.69) is 59.9 Å². The third-order valence-electron chi connectivity index (χ3n) is 14.1. The summed E-state index contributed by atoms with van der Waals surface area (Å²) in [5.41, 5.74) is 0.897. The van der Waals surface area contributed by atoms with Gasteiger partial charge in [0.25, 0.3) is 5.91 Å². The Morgan fingerprint density at radius 3 is 2.46 bits per heavy atom. The van der Waals surface area contributed by atoms with E-state index in [-0.39, 0.29) is 46.6 Å². The number of allylic oxidation sites excluding steroid dienone is 2. The van der Waals surface area contributed by atoms with Crippen molar-refractivity contribution in [3.63, 3.8) is 0 Å². The van der Waals surface area contributed by atoms with Crippen molar-refractivity contribution >= 4 is 11.9 Å². The Balaban J connectivity index is 1.47. The highest BCUT2D eigenvalue weighted by Gasteiger charge is 2.69. The van der Waals surface area contributed by atoms with Gasteiger partial charge in [-0.2, -0.15) is 0 Å². The van der Waals surface area contributed by atoms with E-state index in [9.17, 15) is 19.8 Å². The smallest absolute Gasteiger partial charge is 0.313 e. The van der Waals surface area contributed by atoms with Crippen LogP contribution in [-0.2, 0) is 14.3 Å². The Kier molecular flexibility index (Phi) is 8.29. The third kappa shape index (κ3) is 4.55. The van der Waals surface area contributed by atoms with Crippen LogP contribution in [0.25, 0.3) is 0 Å². The Labute approximate surface area is 248 Å². The minimum atomic E-state index is -0.668. The van der Waals surface area contributed by atoms with Crippen molar-refractivity contribution in [2.45, 2.75) is 125 Å². The molecule has 4 saturated carbocycles. The van der Waals surface area contributed by atoms with Crippen LogP contribution in [-0.4, -0.2) is 47.4 Å². The van der Waals surface area contributed by atoms with Crippen LogP contribution in [0.5, 0.6) is 0 Å². The van der Waals surface area contributed by atoms with E-state index >= 15 is 0 Å². The zero-order valence-corrected chi connectivity index (χ0v) is 26.8. The molecule has 0 radical (unpaired) electrons. The summed E-state index contributed by atoms with van der Waals surface area (Å²) >= 11 is 0. The van der Waals surface area contributed by atoms with Gasteiger partial charge in [-0.3, -0.25) is 9.59 Å². The highest BCUT2D eigenvalue weighted by atomic mass is 16.5. The van der Waals surface area contributed by atoms with Gasteiger partial charge in [0.15, 0.2) is 6.61 Å². The van der Waals surface area contributed by atoms with Crippen LogP contribution in [0.4, 0.5) is 0 Å². The molecule has 5 aliphatic carbocycles. The largest absolute Gasteiger partial charge is 0.455 e. The second kappa shape index (κ2) is 10.9. The first kappa shape index (κ1) is 31.0. The van der Waals surface area contributed by atoms with Crippen molar-refractivity contribution in [2.75, 3.05) is 13.2 Å². The molecule has 0 aromatic heterocycles. The molecule has 0 aromatic rings. The van der Waals surface area contributed by atoms with Gasteiger partial charge < -0.3 is 20.3 Å². The van der Waals surface area contributed by atoms with Gasteiger partial charge in [0, 0.05) is 6.54 Å².